The number of anilines is 1. The lowest BCUT2D eigenvalue weighted by Crippen LogP contribution is -2.42. The summed E-state index contributed by atoms with van der Waals surface area (Å²) in [6, 6.07) is 20.3. The van der Waals surface area contributed by atoms with Crippen molar-refractivity contribution < 1.29 is 18.0 Å². The summed E-state index contributed by atoms with van der Waals surface area (Å²) >= 11 is 0. The molecule has 35 heavy (non-hydrogen) atoms. The second kappa shape index (κ2) is 9.64. The maximum Gasteiger partial charge on any atom is 0.243 e. The monoisotopic (exact) mass is 489 g/mol. The molecule has 3 N–H and O–H groups in total. The van der Waals surface area contributed by atoms with E-state index in [4.69, 9.17) is 0 Å². The van der Waals surface area contributed by atoms with Crippen LogP contribution in [0, 0.1) is 0 Å². The number of amides is 2. The van der Waals surface area contributed by atoms with Gasteiger partial charge in [-0.1, -0.05) is 54.6 Å². The number of fused-ring (bicyclic) bond motifs is 2. The van der Waals surface area contributed by atoms with Crippen LogP contribution in [0.25, 0.3) is 0 Å². The lowest BCUT2D eigenvalue weighted by molar-refractivity contribution is -0.123. The Kier molecular flexibility index (Phi) is 6.40. The van der Waals surface area contributed by atoms with Gasteiger partial charge in [-0.15, -0.1) is 0 Å². The van der Waals surface area contributed by atoms with Gasteiger partial charge in [0.05, 0.1) is 10.9 Å². The molecular formula is C27H27N3O4S. The summed E-state index contributed by atoms with van der Waals surface area (Å²) in [7, 11) is -4.02. The molecule has 1 aliphatic heterocycles. The van der Waals surface area contributed by atoms with Crippen LogP contribution in [-0.4, -0.2) is 20.2 Å². The van der Waals surface area contributed by atoms with Gasteiger partial charge in [0.2, 0.25) is 21.8 Å². The molecule has 2 amide bonds. The largest absolute Gasteiger partial charge is 0.348 e. The fourth-order valence-corrected chi connectivity index (χ4v) is 6.06. The molecule has 0 aromatic heterocycles. The number of hydrogen-bond donors (Lipinski definition) is 3. The lowest BCUT2D eigenvalue weighted by atomic mass is 9.87. The van der Waals surface area contributed by atoms with Crippen molar-refractivity contribution in [1.29, 1.82) is 0 Å². The molecule has 3 aromatic carbocycles. The number of nitrogens with one attached hydrogen (secondary N) is 3. The molecule has 0 saturated carbocycles. The molecule has 0 spiro atoms. The molecule has 3 aromatic rings. The first-order valence-electron chi connectivity index (χ1n) is 11.8. The summed E-state index contributed by atoms with van der Waals surface area (Å²) in [6.07, 6.45) is 3.50. The molecule has 0 unspecified atom stereocenters. The smallest absolute Gasteiger partial charge is 0.243 e. The van der Waals surface area contributed by atoms with Gasteiger partial charge in [0.25, 0.3) is 0 Å². The first kappa shape index (κ1) is 23.3. The fraction of sp³-hybridized carbons (Fsp3) is 0.259. The van der Waals surface area contributed by atoms with E-state index in [0.29, 0.717) is 24.1 Å². The minimum Gasteiger partial charge on any atom is -0.348 e. The van der Waals surface area contributed by atoms with Crippen LogP contribution >= 0.6 is 0 Å². The maximum atomic E-state index is 13.5. The van der Waals surface area contributed by atoms with Crippen LogP contribution in [0.4, 0.5) is 5.69 Å². The Balaban J connectivity index is 1.42. The standard InChI is InChI=1S/C27H27N3O4S/c31-25-16-13-20-17-21(14-15-23(20)28-25)35(33,34)30-26(19-8-2-1-3-9-19)27(32)29-24-12-6-10-18-7-4-5-11-22(18)24/h1-5,7-9,11,14-15,17,24,26,30H,6,10,12-13,16H2,(H,28,31)(H,29,32)/t24-,26-/m1/s1. The van der Waals surface area contributed by atoms with E-state index in [1.165, 1.54) is 11.6 Å². The van der Waals surface area contributed by atoms with Gasteiger partial charge in [-0.2, -0.15) is 4.72 Å². The third-order valence-corrected chi connectivity index (χ3v) is 8.06. The zero-order valence-corrected chi connectivity index (χ0v) is 20.0. The zero-order valence-electron chi connectivity index (χ0n) is 19.2. The van der Waals surface area contributed by atoms with Crippen molar-refractivity contribution in [3.63, 3.8) is 0 Å². The Hall–Kier alpha value is -3.49. The van der Waals surface area contributed by atoms with Crippen molar-refractivity contribution in [1.82, 2.24) is 10.0 Å². The van der Waals surface area contributed by atoms with Gasteiger partial charge in [-0.3, -0.25) is 9.59 Å². The molecule has 0 fully saturated rings. The van der Waals surface area contributed by atoms with E-state index < -0.39 is 22.0 Å². The molecule has 1 aliphatic carbocycles. The minimum atomic E-state index is -4.02. The average molecular weight is 490 g/mol. The summed E-state index contributed by atoms with van der Waals surface area (Å²) in [6.45, 7) is 0. The Morgan fingerprint density at radius 3 is 2.51 bits per heavy atom. The van der Waals surface area contributed by atoms with Crippen molar-refractivity contribution in [2.75, 3.05) is 5.32 Å². The van der Waals surface area contributed by atoms with Crippen molar-refractivity contribution in [2.24, 2.45) is 0 Å². The molecule has 7 nitrogen and oxygen atoms in total. The number of benzene rings is 3. The van der Waals surface area contributed by atoms with E-state index in [1.807, 2.05) is 24.3 Å². The molecule has 8 heteroatoms. The van der Waals surface area contributed by atoms with Gasteiger partial charge in [-0.05, 0) is 66.1 Å². The van der Waals surface area contributed by atoms with E-state index in [9.17, 15) is 18.0 Å². The SMILES string of the molecule is O=C1CCc2cc(S(=O)(=O)N[C@@H](C(=O)N[C@@H]3CCCc4ccccc43)c3ccccc3)ccc2N1. The minimum absolute atomic E-state index is 0.0594. The van der Waals surface area contributed by atoms with Gasteiger partial charge < -0.3 is 10.6 Å². The summed E-state index contributed by atoms with van der Waals surface area (Å²) in [4.78, 5) is 25.2. The number of sulfonamides is 1. The van der Waals surface area contributed by atoms with Crippen molar-refractivity contribution >= 4 is 27.5 Å². The Labute approximate surface area is 205 Å². The lowest BCUT2D eigenvalue weighted by Gasteiger charge is -2.28. The first-order chi connectivity index (χ1) is 16.9. The van der Waals surface area contributed by atoms with Crippen LogP contribution in [0.3, 0.4) is 0 Å². The maximum absolute atomic E-state index is 13.5. The fourth-order valence-electron chi connectivity index (χ4n) is 4.83. The van der Waals surface area contributed by atoms with Crippen LogP contribution in [-0.2, 0) is 32.5 Å². The van der Waals surface area contributed by atoms with Crippen LogP contribution in [0.15, 0.2) is 77.7 Å². The summed E-state index contributed by atoms with van der Waals surface area (Å²) < 4.78 is 29.4. The second-order valence-corrected chi connectivity index (χ2v) is 10.7. The molecule has 5 rings (SSSR count). The van der Waals surface area contributed by atoms with E-state index in [1.54, 1.807) is 36.4 Å². The molecular weight excluding hydrogens is 462 g/mol. The van der Waals surface area contributed by atoms with Crippen LogP contribution in [0.1, 0.15) is 53.6 Å². The van der Waals surface area contributed by atoms with E-state index in [-0.39, 0.29) is 16.8 Å². The van der Waals surface area contributed by atoms with Gasteiger partial charge in [-0.25, -0.2) is 8.42 Å². The van der Waals surface area contributed by atoms with Crippen molar-refractivity contribution in [2.45, 2.75) is 49.1 Å². The highest BCUT2D eigenvalue weighted by molar-refractivity contribution is 7.89. The number of aryl methyl sites for hydroxylation is 2. The molecule has 0 saturated heterocycles. The molecule has 0 radical (unpaired) electrons. The van der Waals surface area contributed by atoms with Crippen molar-refractivity contribution in [3.05, 3.63) is 95.1 Å². The molecule has 0 bridgehead atoms. The molecule has 1 heterocycles. The number of carbonyl (C=O) groups is 2. The summed E-state index contributed by atoms with van der Waals surface area (Å²) in [5.74, 6) is -0.483. The van der Waals surface area contributed by atoms with E-state index in [0.717, 1.165) is 30.4 Å². The van der Waals surface area contributed by atoms with Gasteiger partial charge in [0.15, 0.2) is 0 Å². The van der Waals surface area contributed by atoms with Gasteiger partial charge in [0, 0.05) is 12.1 Å². The average Bonchev–Trinajstić information content (AvgIpc) is 2.87. The van der Waals surface area contributed by atoms with Crippen molar-refractivity contribution in [3.8, 4) is 0 Å². The van der Waals surface area contributed by atoms with Crippen LogP contribution in [0.5, 0.6) is 0 Å². The van der Waals surface area contributed by atoms with E-state index in [2.05, 4.69) is 21.4 Å². The number of rotatable bonds is 6. The predicted octanol–water partition coefficient (Wildman–Crippen LogP) is 3.78. The number of carbonyl (C=O) groups excluding carboxylic acids is 2. The van der Waals surface area contributed by atoms with E-state index >= 15 is 0 Å². The second-order valence-electron chi connectivity index (χ2n) is 8.98. The predicted molar refractivity (Wildman–Crippen MR) is 133 cm³/mol. The third-order valence-electron chi connectivity index (χ3n) is 6.64. The highest BCUT2D eigenvalue weighted by Crippen LogP contribution is 2.31. The number of hydrogen-bond acceptors (Lipinski definition) is 4. The van der Waals surface area contributed by atoms with Gasteiger partial charge >= 0.3 is 0 Å². The van der Waals surface area contributed by atoms with Crippen LogP contribution in [0.2, 0.25) is 0 Å². The summed E-state index contributed by atoms with van der Waals surface area (Å²) in [5, 5.41) is 5.85. The topological polar surface area (TPSA) is 104 Å². The Morgan fingerprint density at radius 1 is 0.914 bits per heavy atom. The quantitative estimate of drug-likeness (QED) is 0.490. The van der Waals surface area contributed by atoms with Gasteiger partial charge in [0.1, 0.15) is 6.04 Å². The summed E-state index contributed by atoms with van der Waals surface area (Å²) in [5.41, 5.74) is 4.23. The Morgan fingerprint density at radius 2 is 1.69 bits per heavy atom. The molecule has 2 atom stereocenters. The Bertz CT molecular complexity index is 1370. The zero-order chi connectivity index (χ0) is 24.4. The highest BCUT2D eigenvalue weighted by atomic mass is 32.2. The van der Waals surface area contributed by atoms with Crippen LogP contribution < -0.4 is 15.4 Å². The first-order valence-corrected chi connectivity index (χ1v) is 13.3. The molecule has 2 aliphatic rings. The third kappa shape index (κ3) is 4.99. The highest BCUT2D eigenvalue weighted by Gasteiger charge is 2.31. The normalized spacial score (nSPS) is 18.1. The molecule has 180 valence electrons.